The molecule has 0 saturated heterocycles. The highest BCUT2D eigenvalue weighted by molar-refractivity contribution is 14.1. The Morgan fingerprint density at radius 2 is 2.06 bits per heavy atom. The van der Waals surface area contributed by atoms with E-state index in [0.29, 0.717) is 0 Å². The Morgan fingerprint density at radius 3 is 2.76 bits per heavy atom. The molecule has 1 aromatic heterocycles. The van der Waals surface area contributed by atoms with Crippen LogP contribution < -0.4 is 0 Å². The Morgan fingerprint density at radius 1 is 1.29 bits per heavy atom. The average Bonchev–Trinajstić information content (AvgIpc) is 2.32. The zero-order valence-corrected chi connectivity index (χ0v) is 13.4. The van der Waals surface area contributed by atoms with E-state index in [9.17, 15) is 0 Å². The second-order valence-corrected chi connectivity index (χ2v) is 6.33. The number of benzene rings is 1. The SMILES string of the molecule is Clc1cnccc1CC(Br)c1ccccc1I. The highest BCUT2D eigenvalue weighted by atomic mass is 127. The fourth-order valence-corrected chi connectivity index (χ4v) is 3.74. The Kier molecular flexibility index (Phi) is 4.82. The van der Waals surface area contributed by atoms with Crippen molar-refractivity contribution in [3.63, 3.8) is 0 Å². The van der Waals surface area contributed by atoms with Crippen molar-refractivity contribution in [2.75, 3.05) is 0 Å². The molecule has 1 nitrogen and oxygen atoms in total. The number of hydrogen-bond donors (Lipinski definition) is 0. The molecule has 0 spiro atoms. The fraction of sp³-hybridized carbons (Fsp3) is 0.154. The van der Waals surface area contributed by atoms with Crippen LogP contribution in [0.2, 0.25) is 5.02 Å². The minimum Gasteiger partial charge on any atom is -0.263 e. The number of alkyl halides is 1. The number of pyridine rings is 1. The molecule has 0 amide bonds. The number of nitrogens with zero attached hydrogens (tertiary/aromatic N) is 1. The summed E-state index contributed by atoms with van der Waals surface area (Å²) in [6.45, 7) is 0. The zero-order valence-electron chi connectivity index (χ0n) is 8.91. The minimum atomic E-state index is 0.274. The molecule has 88 valence electrons. The molecule has 2 rings (SSSR count). The molecular weight excluding hydrogens is 412 g/mol. The van der Waals surface area contributed by atoms with Crippen molar-refractivity contribution in [1.29, 1.82) is 0 Å². The molecule has 17 heavy (non-hydrogen) atoms. The molecule has 0 aliphatic rings. The molecule has 0 fully saturated rings. The second-order valence-electron chi connectivity index (χ2n) is 3.66. The van der Waals surface area contributed by atoms with Gasteiger partial charge in [-0.25, -0.2) is 0 Å². The van der Waals surface area contributed by atoms with Gasteiger partial charge >= 0.3 is 0 Å². The van der Waals surface area contributed by atoms with E-state index in [-0.39, 0.29) is 4.83 Å². The van der Waals surface area contributed by atoms with Gasteiger partial charge in [0.15, 0.2) is 0 Å². The summed E-state index contributed by atoms with van der Waals surface area (Å²) in [5.41, 5.74) is 2.41. The largest absolute Gasteiger partial charge is 0.263 e. The van der Waals surface area contributed by atoms with Crippen LogP contribution in [-0.2, 0) is 6.42 Å². The summed E-state index contributed by atoms with van der Waals surface area (Å²) < 4.78 is 1.26. The smallest absolute Gasteiger partial charge is 0.0621 e. The molecule has 1 atom stereocenters. The molecule has 0 radical (unpaired) electrons. The van der Waals surface area contributed by atoms with Crippen LogP contribution >= 0.6 is 50.1 Å². The van der Waals surface area contributed by atoms with Gasteiger partial charge in [0.25, 0.3) is 0 Å². The third-order valence-electron chi connectivity index (χ3n) is 2.50. The van der Waals surface area contributed by atoms with Crippen molar-refractivity contribution < 1.29 is 0 Å². The van der Waals surface area contributed by atoms with Gasteiger partial charge in [-0.15, -0.1) is 0 Å². The van der Waals surface area contributed by atoms with Crippen LogP contribution in [0.25, 0.3) is 0 Å². The van der Waals surface area contributed by atoms with E-state index in [2.05, 4.69) is 61.7 Å². The van der Waals surface area contributed by atoms with Gasteiger partial charge in [-0.2, -0.15) is 0 Å². The van der Waals surface area contributed by atoms with Gasteiger partial charge in [0.2, 0.25) is 0 Å². The van der Waals surface area contributed by atoms with E-state index < -0.39 is 0 Å². The monoisotopic (exact) mass is 421 g/mol. The van der Waals surface area contributed by atoms with Crippen LogP contribution in [-0.4, -0.2) is 4.98 Å². The molecule has 1 heterocycles. The van der Waals surface area contributed by atoms with E-state index in [1.807, 2.05) is 12.1 Å². The second kappa shape index (κ2) is 6.16. The van der Waals surface area contributed by atoms with E-state index in [0.717, 1.165) is 17.0 Å². The van der Waals surface area contributed by atoms with Crippen molar-refractivity contribution in [3.05, 3.63) is 62.4 Å². The molecule has 1 unspecified atom stereocenters. The quantitative estimate of drug-likeness (QED) is 0.500. The summed E-state index contributed by atoms with van der Waals surface area (Å²) in [6.07, 6.45) is 4.32. The van der Waals surface area contributed by atoms with E-state index in [1.54, 1.807) is 12.4 Å². The number of halogens is 3. The Balaban J connectivity index is 2.20. The van der Waals surface area contributed by atoms with Gasteiger partial charge in [0.1, 0.15) is 0 Å². The van der Waals surface area contributed by atoms with Crippen molar-refractivity contribution in [2.24, 2.45) is 0 Å². The van der Waals surface area contributed by atoms with Crippen LogP contribution in [0.15, 0.2) is 42.7 Å². The summed E-state index contributed by atoms with van der Waals surface area (Å²) >= 11 is 12.2. The lowest BCUT2D eigenvalue weighted by molar-refractivity contribution is 0.939. The third-order valence-corrected chi connectivity index (χ3v) is 4.64. The number of rotatable bonds is 3. The van der Waals surface area contributed by atoms with E-state index >= 15 is 0 Å². The van der Waals surface area contributed by atoms with Crippen LogP contribution in [0.4, 0.5) is 0 Å². The molecule has 0 N–H and O–H groups in total. The van der Waals surface area contributed by atoms with Crippen molar-refractivity contribution >= 4 is 50.1 Å². The van der Waals surface area contributed by atoms with Crippen LogP contribution in [0.5, 0.6) is 0 Å². The van der Waals surface area contributed by atoms with Crippen LogP contribution in [0.1, 0.15) is 16.0 Å². The molecular formula is C13H10BrClIN. The molecule has 0 saturated carbocycles. The minimum absolute atomic E-state index is 0.274. The molecule has 4 heteroatoms. The van der Waals surface area contributed by atoms with Gasteiger partial charge in [-0.1, -0.05) is 45.7 Å². The topological polar surface area (TPSA) is 12.9 Å². The summed E-state index contributed by atoms with van der Waals surface area (Å²) in [6, 6.07) is 10.3. The van der Waals surface area contributed by atoms with Gasteiger partial charge in [-0.3, -0.25) is 4.98 Å². The summed E-state index contributed by atoms with van der Waals surface area (Å²) in [5, 5.41) is 0.725. The van der Waals surface area contributed by atoms with Crippen molar-refractivity contribution in [3.8, 4) is 0 Å². The van der Waals surface area contributed by atoms with E-state index in [4.69, 9.17) is 11.6 Å². The van der Waals surface area contributed by atoms with E-state index in [1.165, 1.54) is 9.13 Å². The van der Waals surface area contributed by atoms with Gasteiger partial charge in [-0.05, 0) is 52.3 Å². The predicted molar refractivity (Wildman–Crippen MR) is 83.8 cm³/mol. The van der Waals surface area contributed by atoms with Crippen LogP contribution in [0.3, 0.4) is 0 Å². The Hall–Kier alpha value is -0.130. The Labute approximate surface area is 128 Å². The highest BCUT2D eigenvalue weighted by Gasteiger charge is 2.12. The number of hydrogen-bond acceptors (Lipinski definition) is 1. The maximum absolute atomic E-state index is 6.11. The lowest BCUT2D eigenvalue weighted by atomic mass is 10.1. The molecule has 2 aromatic rings. The summed E-state index contributed by atoms with van der Waals surface area (Å²) in [7, 11) is 0. The fourth-order valence-electron chi connectivity index (χ4n) is 1.60. The van der Waals surface area contributed by atoms with Crippen molar-refractivity contribution in [2.45, 2.75) is 11.2 Å². The van der Waals surface area contributed by atoms with Gasteiger partial charge in [0, 0.05) is 20.8 Å². The summed E-state index contributed by atoms with van der Waals surface area (Å²) in [5.74, 6) is 0. The first-order valence-electron chi connectivity index (χ1n) is 5.15. The predicted octanol–water partition coefficient (Wildman–Crippen LogP) is 5.02. The normalized spacial score (nSPS) is 12.4. The third kappa shape index (κ3) is 3.42. The maximum Gasteiger partial charge on any atom is 0.0621 e. The van der Waals surface area contributed by atoms with Crippen molar-refractivity contribution in [1.82, 2.24) is 4.98 Å². The molecule has 0 aliphatic carbocycles. The lowest BCUT2D eigenvalue weighted by Gasteiger charge is -2.12. The standard InChI is InChI=1S/C13H10BrClIN/c14-11(10-3-1-2-4-13(10)16)7-9-5-6-17-8-12(9)15/h1-6,8,11H,7H2. The molecule has 0 bridgehead atoms. The molecule has 0 aliphatic heterocycles. The number of aromatic nitrogens is 1. The average molecular weight is 422 g/mol. The zero-order chi connectivity index (χ0) is 12.3. The maximum atomic E-state index is 6.11. The highest BCUT2D eigenvalue weighted by Crippen LogP contribution is 2.31. The molecule has 1 aromatic carbocycles. The van der Waals surface area contributed by atoms with Crippen LogP contribution in [0, 0.1) is 3.57 Å². The van der Waals surface area contributed by atoms with Gasteiger partial charge < -0.3 is 0 Å². The Bertz CT molecular complexity index is 518. The first-order chi connectivity index (χ1) is 8.18. The summed E-state index contributed by atoms with van der Waals surface area (Å²) in [4.78, 5) is 4.27. The first kappa shape index (κ1) is 13.3. The lowest BCUT2D eigenvalue weighted by Crippen LogP contribution is -1.98. The first-order valence-corrected chi connectivity index (χ1v) is 7.52. The van der Waals surface area contributed by atoms with Gasteiger partial charge in [0.05, 0.1) is 5.02 Å².